The van der Waals surface area contributed by atoms with Crippen molar-refractivity contribution < 1.29 is 0 Å². The molecular weight excluding hydrogens is 299 g/mol. The second-order valence-corrected chi connectivity index (χ2v) is 5.54. The summed E-state index contributed by atoms with van der Waals surface area (Å²) in [6.45, 7) is 5.50. The van der Waals surface area contributed by atoms with Gasteiger partial charge in [-0.3, -0.25) is 0 Å². The van der Waals surface area contributed by atoms with E-state index in [1.165, 1.54) is 9.09 Å². The Bertz CT molecular complexity index is 486. The lowest BCUT2D eigenvalue weighted by molar-refractivity contribution is 0.535. The number of anilines is 1. The summed E-state index contributed by atoms with van der Waals surface area (Å²) in [7, 11) is 0. The molecule has 0 aliphatic heterocycles. The first kappa shape index (κ1) is 10.8. The van der Waals surface area contributed by atoms with E-state index in [-0.39, 0.29) is 0 Å². The highest BCUT2D eigenvalue weighted by atomic mass is 127. The Kier molecular flexibility index (Phi) is 2.91. The van der Waals surface area contributed by atoms with Crippen LogP contribution in [0.5, 0.6) is 0 Å². The third-order valence-electron chi connectivity index (χ3n) is 2.45. The summed E-state index contributed by atoms with van der Waals surface area (Å²) in [4.78, 5) is 0. The molecule has 0 spiro atoms. The maximum atomic E-state index is 5.98. The second kappa shape index (κ2) is 4.04. The van der Waals surface area contributed by atoms with Gasteiger partial charge in [0.1, 0.15) is 0 Å². The number of aromatic nitrogens is 1. The highest BCUT2D eigenvalue weighted by Crippen LogP contribution is 2.25. The number of nitrogen functional groups attached to an aromatic ring is 1. The molecule has 0 saturated carbocycles. The zero-order valence-electron chi connectivity index (χ0n) is 9.00. The Hall–Kier alpha value is -0.710. The molecule has 0 fully saturated rings. The number of hydrogen-bond acceptors (Lipinski definition) is 1. The molecule has 0 amide bonds. The monoisotopic (exact) mass is 314 g/mol. The molecule has 80 valence electrons. The molecule has 2 aromatic rings. The first-order valence-corrected chi connectivity index (χ1v) is 6.19. The standard InChI is InChI=1S/C12H15IN2/c1-8(2)7-15-4-3-10-11(14)5-9(13)6-12(10)15/h3-6,8H,7,14H2,1-2H3. The summed E-state index contributed by atoms with van der Waals surface area (Å²) in [6, 6.07) is 6.31. The molecular formula is C12H15IN2. The van der Waals surface area contributed by atoms with Crippen LogP contribution in [0.2, 0.25) is 0 Å². The largest absolute Gasteiger partial charge is 0.398 e. The maximum Gasteiger partial charge on any atom is 0.0511 e. The summed E-state index contributed by atoms with van der Waals surface area (Å²) in [6.07, 6.45) is 2.12. The molecule has 1 aromatic carbocycles. The van der Waals surface area contributed by atoms with Gasteiger partial charge in [-0.25, -0.2) is 0 Å². The highest BCUT2D eigenvalue weighted by Gasteiger charge is 2.06. The van der Waals surface area contributed by atoms with E-state index in [2.05, 4.69) is 59.3 Å². The van der Waals surface area contributed by atoms with Crippen LogP contribution in [0.25, 0.3) is 10.9 Å². The maximum absolute atomic E-state index is 5.98. The molecule has 3 heteroatoms. The SMILES string of the molecule is CC(C)Cn1ccc2c(N)cc(I)cc21. The van der Waals surface area contributed by atoms with Crippen molar-refractivity contribution in [2.75, 3.05) is 5.73 Å². The van der Waals surface area contributed by atoms with E-state index in [1.54, 1.807) is 0 Å². The van der Waals surface area contributed by atoms with Crippen molar-refractivity contribution >= 4 is 39.2 Å². The molecule has 2 N–H and O–H groups in total. The lowest BCUT2D eigenvalue weighted by Crippen LogP contribution is -2.02. The first-order chi connectivity index (χ1) is 7.08. The summed E-state index contributed by atoms with van der Waals surface area (Å²) in [5.41, 5.74) is 8.10. The van der Waals surface area contributed by atoms with Gasteiger partial charge in [0.2, 0.25) is 0 Å². The van der Waals surface area contributed by atoms with Crippen LogP contribution in [-0.4, -0.2) is 4.57 Å². The van der Waals surface area contributed by atoms with Crippen molar-refractivity contribution in [3.63, 3.8) is 0 Å². The van der Waals surface area contributed by atoms with Crippen molar-refractivity contribution in [2.45, 2.75) is 20.4 Å². The number of nitrogens with two attached hydrogens (primary N) is 1. The van der Waals surface area contributed by atoms with E-state index in [1.807, 2.05) is 6.07 Å². The Morgan fingerprint density at radius 2 is 2.13 bits per heavy atom. The molecule has 0 bridgehead atoms. The molecule has 1 aromatic heterocycles. The number of halogens is 1. The fraction of sp³-hybridized carbons (Fsp3) is 0.333. The van der Waals surface area contributed by atoms with Crippen LogP contribution in [0.15, 0.2) is 24.4 Å². The molecule has 0 radical (unpaired) electrons. The van der Waals surface area contributed by atoms with Gasteiger partial charge >= 0.3 is 0 Å². The van der Waals surface area contributed by atoms with E-state index >= 15 is 0 Å². The lowest BCUT2D eigenvalue weighted by Gasteiger charge is -2.09. The van der Waals surface area contributed by atoms with Crippen LogP contribution in [0, 0.1) is 9.49 Å². The van der Waals surface area contributed by atoms with Gasteiger partial charge in [0.25, 0.3) is 0 Å². The normalized spacial score (nSPS) is 11.5. The topological polar surface area (TPSA) is 30.9 Å². The van der Waals surface area contributed by atoms with Crippen LogP contribution in [0.1, 0.15) is 13.8 Å². The number of fused-ring (bicyclic) bond motifs is 1. The Morgan fingerprint density at radius 3 is 2.80 bits per heavy atom. The second-order valence-electron chi connectivity index (χ2n) is 4.29. The lowest BCUT2D eigenvalue weighted by atomic mass is 10.2. The van der Waals surface area contributed by atoms with Crippen LogP contribution < -0.4 is 5.73 Å². The van der Waals surface area contributed by atoms with Gasteiger partial charge in [-0.05, 0) is 46.7 Å². The van der Waals surface area contributed by atoms with Crippen molar-refractivity contribution in [2.24, 2.45) is 5.92 Å². The molecule has 0 unspecified atom stereocenters. The number of benzene rings is 1. The van der Waals surface area contributed by atoms with Crippen LogP contribution in [0.3, 0.4) is 0 Å². The summed E-state index contributed by atoms with van der Waals surface area (Å²) in [5.74, 6) is 0.652. The first-order valence-electron chi connectivity index (χ1n) is 5.12. The molecule has 2 nitrogen and oxygen atoms in total. The Labute approximate surface area is 104 Å². The summed E-state index contributed by atoms with van der Waals surface area (Å²) < 4.78 is 3.47. The van der Waals surface area contributed by atoms with Gasteiger partial charge < -0.3 is 10.3 Å². The molecule has 0 aliphatic carbocycles. The number of rotatable bonds is 2. The minimum atomic E-state index is 0.652. The molecule has 0 atom stereocenters. The smallest absolute Gasteiger partial charge is 0.0511 e. The van der Waals surface area contributed by atoms with Gasteiger partial charge in [-0.1, -0.05) is 13.8 Å². The van der Waals surface area contributed by atoms with Crippen molar-refractivity contribution in [1.82, 2.24) is 4.57 Å². The summed E-state index contributed by atoms with van der Waals surface area (Å²) in [5, 5.41) is 1.16. The molecule has 0 saturated heterocycles. The van der Waals surface area contributed by atoms with Crippen LogP contribution >= 0.6 is 22.6 Å². The Morgan fingerprint density at radius 1 is 1.40 bits per heavy atom. The third-order valence-corrected chi connectivity index (χ3v) is 3.07. The van der Waals surface area contributed by atoms with Crippen LogP contribution in [0.4, 0.5) is 5.69 Å². The van der Waals surface area contributed by atoms with Gasteiger partial charge in [0.15, 0.2) is 0 Å². The Balaban J connectivity index is 2.58. The van der Waals surface area contributed by atoms with Crippen LogP contribution in [-0.2, 0) is 6.54 Å². The fourth-order valence-electron chi connectivity index (χ4n) is 1.84. The highest BCUT2D eigenvalue weighted by molar-refractivity contribution is 14.1. The van der Waals surface area contributed by atoms with E-state index in [9.17, 15) is 0 Å². The molecule has 0 aliphatic rings. The summed E-state index contributed by atoms with van der Waals surface area (Å²) >= 11 is 2.31. The average Bonchev–Trinajstić information content (AvgIpc) is 2.48. The minimum absolute atomic E-state index is 0.652. The van der Waals surface area contributed by atoms with Crippen molar-refractivity contribution in [3.05, 3.63) is 28.0 Å². The fourth-order valence-corrected chi connectivity index (χ4v) is 2.47. The van der Waals surface area contributed by atoms with E-state index in [0.717, 1.165) is 17.6 Å². The van der Waals surface area contributed by atoms with Gasteiger partial charge in [-0.15, -0.1) is 0 Å². The predicted octanol–water partition coefficient (Wildman–Crippen LogP) is 3.48. The quantitative estimate of drug-likeness (QED) is 0.668. The van der Waals surface area contributed by atoms with E-state index in [4.69, 9.17) is 5.73 Å². The van der Waals surface area contributed by atoms with Gasteiger partial charge in [0, 0.05) is 27.4 Å². The molecule has 2 rings (SSSR count). The zero-order chi connectivity index (χ0) is 11.0. The number of hydrogen-bond donors (Lipinski definition) is 1. The third kappa shape index (κ3) is 2.12. The van der Waals surface area contributed by atoms with Gasteiger partial charge in [-0.2, -0.15) is 0 Å². The van der Waals surface area contributed by atoms with E-state index in [0.29, 0.717) is 5.92 Å². The molecule has 15 heavy (non-hydrogen) atoms. The molecule has 1 heterocycles. The minimum Gasteiger partial charge on any atom is -0.398 e. The number of nitrogens with zero attached hydrogens (tertiary/aromatic N) is 1. The average molecular weight is 314 g/mol. The van der Waals surface area contributed by atoms with E-state index < -0.39 is 0 Å². The van der Waals surface area contributed by atoms with Gasteiger partial charge in [0.05, 0.1) is 5.52 Å². The van der Waals surface area contributed by atoms with Crippen molar-refractivity contribution in [1.29, 1.82) is 0 Å². The zero-order valence-corrected chi connectivity index (χ0v) is 11.2. The predicted molar refractivity (Wildman–Crippen MR) is 73.9 cm³/mol. The van der Waals surface area contributed by atoms with Crippen molar-refractivity contribution in [3.8, 4) is 0 Å².